The Balaban J connectivity index is 1.01. The second kappa shape index (κ2) is 17.3. The smallest absolute Gasteiger partial charge is 0.338 e. The van der Waals surface area contributed by atoms with Crippen LogP contribution >= 0.6 is 0 Å². The number of hydrogen-bond acceptors (Lipinski definition) is 7. The van der Waals surface area contributed by atoms with E-state index in [0.717, 1.165) is 37.2 Å². The van der Waals surface area contributed by atoms with Gasteiger partial charge in [-0.25, -0.2) is 9.59 Å². The van der Waals surface area contributed by atoms with E-state index in [0.29, 0.717) is 62.7 Å². The Morgan fingerprint density at radius 2 is 1.39 bits per heavy atom. The second-order valence-corrected chi connectivity index (χ2v) is 14.8. The quantitative estimate of drug-likeness (QED) is 0.279. The molecule has 2 N–H and O–H groups in total. The number of rotatable bonds is 10. The first-order valence-corrected chi connectivity index (χ1v) is 19.4. The maximum Gasteiger partial charge on any atom is 0.338 e. The van der Waals surface area contributed by atoms with E-state index in [-0.39, 0.29) is 42.5 Å². The second-order valence-electron chi connectivity index (χ2n) is 14.8. The molecule has 12 heteroatoms. The van der Waals surface area contributed by atoms with Crippen molar-refractivity contribution in [3.63, 3.8) is 0 Å². The first-order chi connectivity index (χ1) is 26.3. The molecule has 7 rings (SSSR count). The molecule has 3 aromatic carbocycles. The summed E-state index contributed by atoms with van der Waals surface area (Å²) in [4.78, 5) is 75.6. The van der Waals surface area contributed by atoms with E-state index in [2.05, 4.69) is 15.5 Å². The molecular weight excluding hydrogens is 684 g/mol. The minimum absolute atomic E-state index is 0.0202. The number of amides is 5. The summed E-state index contributed by atoms with van der Waals surface area (Å²) in [5.74, 6) is -1.49. The predicted molar refractivity (Wildman–Crippen MR) is 204 cm³/mol. The zero-order chi connectivity index (χ0) is 37.4. The normalized spacial score (nSPS) is 19.0. The first-order valence-electron chi connectivity index (χ1n) is 19.4. The average molecular weight is 735 g/mol. The van der Waals surface area contributed by atoms with Gasteiger partial charge in [0, 0.05) is 61.6 Å². The van der Waals surface area contributed by atoms with Crippen LogP contribution in [0.1, 0.15) is 83.2 Å². The maximum atomic E-state index is 14.2. The van der Waals surface area contributed by atoms with Crippen LogP contribution in [0.25, 0.3) is 0 Å². The third-order valence-electron chi connectivity index (χ3n) is 11.4. The average Bonchev–Trinajstić information content (AvgIpc) is 3.22. The van der Waals surface area contributed by atoms with Gasteiger partial charge >= 0.3 is 12.0 Å². The Bertz CT molecular complexity index is 1810. The summed E-state index contributed by atoms with van der Waals surface area (Å²) in [6.07, 6.45) is 6.45. The number of benzene rings is 3. The number of likely N-dealkylation sites (tertiary alicyclic amines) is 3. The molecule has 284 valence electrons. The molecule has 0 radical (unpaired) electrons. The lowest BCUT2D eigenvalue weighted by Gasteiger charge is -2.41. The van der Waals surface area contributed by atoms with Crippen molar-refractivity contribution in [1.29, 1.82) is 0 Å². The van der Waals surface area contributed by atoms with E-state index in [1.807, 2.05) is 35.2 Å². The van der Waals surface area contributed by atoms with Crippen LogP contribution in [-0.4, -0.2) is 107 Å². The predicted octanol–water partition coefficient (Wildman–Crippen LogP) is 5.05. The summed E-state index contributed by atoms with van der Waals surface area (Å²) in [5.41, 5.74) is 3.06. The summed E-state index contributed by atoms with van der Waals surface area (Å²) in [6.45, 7) is 4.61. The van der Waals surface area contributed by atoms with Crippen LogP contribution in [0.2, 0.25) is 0 Å². The lowest BCUT2D eigenvalue weighted by atomic mass is 9.98. The van der Waals surface area contributed by atoms with Gasteiger partial charge in [0.05, 0.1) is 12.0 Å². The minimum Gasteiger partial charge on any atom is -0.457 e. The molecule has 0 bridgehead atoms. The van der Waals surface area contributed by atoms with Crippen molar-refractivity contribution in [2.24, 2.45) is 0 Å². The fourth-order valence-corrected chi connectivity index (χ4v) is 8.31. The number of piperidine rings is 3. The number of fused-ring (bicyclic) bond motifs is 1. The highest BCUT2D eigenvalue weighted by atomic mass is 16.5. The van der Waals surface area contributed by atoms with Gasteiger partial charge < -0.3 is 35.0 Å². The Labute approximate surface area is 316 Å². The Morgan fingerprint density at radius 3 is 2.15 bits per heavy atom. The summed E-state index contributed by atoms with van der Waals surface area (Å²) >= 11 is 0. The summed E-state index contributed by atoms with van der Waals surface area (Å²) < 4.78 is 5.55. The number of carbonyl (C=O) groups is 5. The molecule has 0 spiro atoms. The standard InChI is InChI=1S/C42H50N6O6/c49-38(46-23-19-34(20-24-46)48-28-31-13-6-8-16-36(31)44-42(48)53)27-37(40(51)47-25-17-33(18-26-47)45-21-9-2-10-22-45)43-39(50)35-15-7-5-14-32(35)29-54-41(52)30-11-3-1-4-12-30/h1,3-8,11-16,33-34,37H,2,9-10,17-29H2,(H,43,50)(H,44,53)/t37-/m0/s1. The SMILES string of the molecule is O=C(OCc1ccccc1C(=O)N[C@@H](CC(=O)N1CCC(N2Cc3ccccc3NC2=O)CC1)C(=O)N1CCC(N2CCCCC2)CC1)c1ccccc1. The monoisotopic (exact) mass is 734 g/mol. The number of anilines is 1. The fourth-order valence-electron chi connectivity index (χ4n) is 8.31. The Hall–Kier alpha value is -5.23. The zero-order valence-corrected chi connectivity index (χ0v) is 30.8. The van der Waals surface area contributed by atoms with Gasteiger partial charge in [-0.3, -0.25) is 14.4 Å². The Kier molecular flexibility index (Phi) is 11.9. The number of urea groups is 1. The molecule has 4 aliphatic heterocycles. The van der Waals surface area contributed by atoms with Crippen molar-refractivity contribution < 1.29 is 28.7 Å². The molecule has 3 saturated heterocycles. The number of esters is 1. The van der Waals surface area contributed by atoms with E-state index in [1.54, 1.807) is 58.3 Å². The van der Waals surface area contributed by atoms with Crippen LogP contribution in [0.3, 0.4) is 0 Å². The molecule has 3 fully saturated rings. The third kappa shape index (κ3) is 8.76. The third-order valence-corrected chi connectivity index (χ3v) is 11.4. The van der Waals surface area contributed by atoms with Gasteiger partial charge in [-0.1, -0.05) is 61.0 Å². The minimum atomic E-state index is -1.07. The lowest BCUT2D eigenvalue weighted by molar-refractivity contribution is -0.140. The number of para-hydroxylation sites is 1. The van der Waals surface area contributed by atoms with Gasteiger partial charge in [0.1, 0.15) is 12.6 Å². The highest BCUT2D eigenvalue weighted by Gasteiger charge is 2.36. The van der Waals surface area contributed by atoms with Crippen LogP contribution in [0.4, 0.5) is 10.5 Å². The van der Waals surface area contributed by atoms with Crippen molar-refractivity contribution in [2.75, 3.05) is 44.6 Å². The van der Waals surface area contributed by atoms with Gasteiger partial charge in [-0.05, 0) is 81.4 Å². The number of nitrogens with one attached hydrogen (secondary N) is 2. The summed E-state index contributed by atoms with van der Waals surface area (Å²) in [5, 5.41) is 5.91. The largest absolute Gasteiger partial charge is 0.457 e. The van der Waals surface area contributed by atoms with Gasteiger partial charge in [0.25, 0.3) is 5.91 Å². The van der Waals surface area contributed by atoms with Crippen molar-refractivity contribution >= 4 is 35.4 Å². The zero-order valence-electron chi connectivity index (χ0n) is 30.8. The molecule has 0 unspecified atom stereocenters. The molecule has 0 aromatic heterocycles. The van der Waals surface area contributed by atoms with Crippen LogP contribution in [-0.2, 0) is 27.5 Å². The van der Waals surface area contributed by atoms with E-state index in [1.165, 1.54) is 19.3 Å². The highest BCUT2D eigenvalue weighted by Crippen LogP contribution is 2.28. The fraction of sp³-hybridized carbons (Fsp3) is 0.452. The summed E-state index contributed by atoms with van der Waals surface area (Å²) in [6, 6.07) is 22.5. The molecule has 0 saturated carbocycles. The van der Waals surface area contributed by atoms with E-state index >= 15 is 0 Å². The molecule has 54 heavy (non-hydrogen) atoms. The van der Waals surface area contributed by atoms with Crippen molar-refractivity contribution in [2.45, 2.75) is 82.6 Å². The maximum absolute atomic E-state index is 14.2. The first kappa shape index (κ1) is 37.1. The molecular formula is C42H50N6O6. The molecule has 1 atom stereocenters. The molecule has 5 amide bonds. The van der Waals surface area contributed by atoms with Gasteiger partial charge in [-0.15, -0.1) is 0 Å². The Morgan fingerprint density at radius 1 is 0.741 bits per heavy atom. The van der Waals surface area contributed by atoms with Crippen molar-refractivity contribution in [1.82, 2.24) is 24.9 Å². The van der Waals surface area contributed by atoms with Gasteiger partial charge in [0.15, 0.2) is 0 Å². The van der Waals surface area contributed by atoms with Crippen LogP contribution in [0.5, 0.6) is 0 Å². The lowest BCUT2D eigenvalue weighted by Crippen LogP contribution is -2.55. The molecule has 0 aliphatic carbocycles. The number of ether oxygens (including phenoxy) is 1. The highest BCUT2D eigenvalue weighted by molar-refractivity contribution is 6.00. The molecule has 12 nitrogen and oxygen atoms in total. The number of carbonyl (C=O) groups excluding carboxylic acids is 5. The number of nitrogens with zero attached hydrogens (tertiary/aromatic N) is 4. The van der Waals surface area contributed by atoms with E-state index < -0.39 is 17.9 Å². The van der Waals surface area contributed by atoms with Crippen LogP contribution < -0.4 is 10.6 Å². The topological polar surface area (TPSA) is 132 Å². The molecule has 4 heterocycles. The molecule has 3 aromatic rings. The molecule has 4 aliphatic rings. The number of hydrogen-bond donors (Lipinski definition) is 2. The van der Waals surface area contributed by atoms with Crippen molar-refractivity contribution in [3.8, 4) is 0 Å². The summed E-state index contributed by atoms with van der Waals surface area (Å²) in [7, 11) is 0. The van der Waals surface area contributed by atoms with Gasteiger partial charge in [-0.2, -0.15) is 0 Å². The van der Waals surface area contributed by atoms with E-state index in [9.17, 15) is 24.0 Å². The van der Waals surface area contributed by atoms with Crippen LogP contribution in [0.15, 0.2) is 78.9 Å². The van der Waals surface area contributed by atoms with E-state index in [4.69, 9.17) is 4.74 Å². The van der Waals surface area contributed by atoms with Crippen molar-refractivity contribution in [3.05, 3.63) is 101 Å². The van der Waals surface area contributed by atoms with Crippen LogP contribution in [0, 0.1) is 0 Å². The van der Waals surface area contributed by atoms with Gasteiger partial charge in [0.2, 0.25) is 11.8 Å².